The maximum absolute atomic E-state index is 13.1. The molecule has 1 aliphatic heterocycles. The molecule has 164 valence electrons. The number of nitrogens with one attached hydrogen (secondary N) is 1. The van der Waals surface area contributed by atoms with Gasteiger partial charge in [-0.25, -0.2) is 0 Å². The van der Waals surface area contributed by atoms with Crippen LogP contribution < -0.4 is 5.32 Å². The third-order valence-electron chi connectivity index (χ3n) is 5.15. The van der Waals surface area contributed by atoms with Crippen LogP contribution in [0, 0.1) is 6.92 Å². The first kappa shape index (κ1) is 22.6. The molecule has 5 nitrogen and oxygen atoms in total. The van der Waals surface area contributed by atoms with E-state index in [9.17, 15) is 22.8 Å². The van der Waals surface area contributed by atoms with Crippen molar-refractivity contribution in [3.8, 4) is 0 Å². The first-order chi connectivity index (χ1) is 14.7. The minimum Gasteiger partial charge on any atom is -0.337 e. The zero-order valence-corrected chi connectivity index (χ0v) is 17.2. The van der Waals surface area contributed by atoms with Crippen molar-refractivity contribution < 1.29 is 22.8 Å². The van der Waals surface area contributed by atoms with Crippen LogP contribution in [0.5, 0.6) is 0 Å². The van der Waals surface area contributed by atoms with E-state index in [4.69, 9.17) is 0 Å². The lowest BCUT2D eigenvalue weighted by Crippen LogP contribution is -2.50. The fourth-order valence-corrected chi connectivity index (χ4v) is 3.40. The second kappa shape index (κ2) is 9.78. The Balaban J connectivity index is 1.50. The Bertz CT molecular complexity index is 965. The van der Waals surface area contributed by atoms with E-state index >= 15 is 0 Å². The molecule has 0 radical (unpaired) electrons. The molecule has 8 heteroatoms. The highest BCUT2D eigenvalue weighted by Gasteiger charge is 2.33. The van der Waals surface area contributed by atoms with Crippen molar-refractivity contribution in [3.63, 3.8) is 0 Å². The van der Waals surface area contributed by atoms with Crippen LogP contribution in [0.15, 0.2) is 54.6 Å². The number of anilines is 1. The summed E-state index contributed by atoms with van der Waals surface area (Å²) in [5.41, 5.74) is 0.925. The summed E-state index contributed by atoms with van der Waals surface area (Å²) in [6.45, 7) is 3.78. The molecule has 1 N–H and O–H groups in total. The maximum Gasteiger partial charge on any atom is 0.418 e. The molecule has 0 aromatic heterocycles. The van der Waals surface area contributed by atoms with Crippen LogP contribution in [0.1, 0.15) is 16.7 Å². The Kier molecular flexibility index (Phi) is 7.12. The summed E-state index contributed by atoms with van der Waals surface area (Å²) in [5.74, 6) is -0.623. The Morgan fingerprint density at radius 2 is 1.65 bits per heavy atom. The number of halogens is 3. The monoisotopic (exact) mass is 431 g/mol. The molecule has 0 bridgehead atoms. The zero-order chi connectivity index (χ0) is 22.4. The first-order valence-corrected chi connectivity index (χ1v) is 9.95. The molecule has 0 saturated carbocycles. The van der Waals surface area contributed by atoms with Crippen LogP contribution in [0.2, 0.25) is 0 Å². The summed E-state index contributed by atoms with van der Waals surface area (Å²) in [6.07, 6.45) is -1.21. The molecule has 1 heterocycles. The molecular formula is C23H24F3N3O2. The lowest BCUT2D eigenvalue weighted by molar-refractivity contribution is -0.137. The van der Waals surface area contributed by atoms with E-state index in [1.54, 1.807) is 17.1 Å². The van der Waals surface area contributed by atoms with Gasteiger partial charge in [0.15, 0.2) is 0 Å². The first-order valence-electron chi connectivity index (χ1n) is 9.95. The molecule has 2 amide bonds. The molecule has 2 aromatic carbocycles. The number of para-hydroxylation sites is 1. The van der Waals surface area contributed by atoms with Crippen molar-refractivity contribution in [3.05, 3.63) is 71.3 Å². The number of hydrogen-bond acceptors (Lipinski definition) is 3. The highest BCUT2D eigenvalue weighted by Crippen LogP contribution is 2.34. The van der Waals surface area contributed by atoms with E-state index in [1.165, 1.54) is 18.2 Å². The van der Waals surface area contributed by atoms with E-state index in [0.29, 0.717) is 26.2 Å². The lowest BCUT2D eigenvalue weighted by atomic mass is 10.1. The molecule has 0 atom stereocenters. The number of hydrogen-bond donors (Lipinski definition) is 1. The van der Waals surface area contributed by atoms with Gasteiger partial charge in [0.2, 0.25) is 11.8 Å². The summed E-state index contributed by atoms with van der Waals surface area (Å²) in [5, 5.41) is 2.35. The number of benzene rings is 2. The van der Waals surface area contributed by atoms with Crippen molar-refractivity contribution in [1.82, 2.24) is 9.80 Å². The molecule has 31 heavy (non-hydrogen) atoms. The van der Waals surface area contributed by atoms with E-state index in [-0.39, 0.29) is 18.1 Å². The Morgan fingerprint density at radius 3 is 2.32 bits per heavy atom. The molecule has 3 rings (SSSR count). The normalized spacial score (nSPS) is 15.3. The smallest absolute Gasteiger partial charge is 0.337 e. The maximum atomic E-state index is 13.1. The van der Waals surface area contributed by atoms with Crippen LogP contribution in [-0.4, -0.2) is 54.3 Å². The summed E-state index contributed by atoms with van der Waals surface area (Å²) in [6, 6.07) is 12.7. The quantitative estimate of drug-likeness (QED) is 0.733. The summed E-state index contributed by atoms with van der Waals surface area (Å²) in [4.78, 5) is 28.2. The van der Waals surface area contributed by atoms with E-state index in [1.807, 2.05) is 36.1 Å². The van der Waals surface area contributed by atoms with Gasteiger partial charge in [0.05, 0.1) is 17.8 Å². The standard InChI is InChI=1S/C23H24F3N3O2/c1-17-6-2-3-7-18(17)10-11-22(31)29-14-12-28(13-15-29)16-21(30)27-20-9-5-4-8-19(20)23(24,25)26/h2-11H,12-16H2,1H3,(H,27,30)/b11-10+. The molecule has 0 spiro atoms. The number of amides is 2. The number of aryl methyl sites for hydroxylation is 1. The lowest BCUT2D eigenvalue weighted by Gasteiger charge is -2.33. The summed E-state index contributed by atoms with van der Waals surface area (Å²) in [7, 11) is 0. The minimum atomic E-state index is -4.54. The molecule has 1 aliphatic rings. The zero-order valence-electron chi connectivity index (χ0n) is 17.2. The van der Waals surface area contributed by atoms with Gasteiger partial charge in [-0.1, -0.05) is 36.4 Å². The molecule has 0 unspecified atom stereocenters. The van der Waals surface area contributed by atoms with Crippen LogP contribution in [0.3, 0.4) is 0 Å². The minimum absolute atomic E-state index is 0.0345. The highest BCUT2D eigenvalue weighted by atomic mass is 19.4. The summed E-state index contributed by atoms with van der Waals surface area (Å²) < 4.78 is 39.2. The van der Waals surface area contributed by atoms with Gasteiger partial charge in [0.25, 0.3) is 0 Å². The van der Waals surface area contributed by atoms with Crippen molar-refractivity contribution in [1.29, 1.82) is 0 Å². The van der Waals surface area contributed by atoms with Gasteiger partial charge in [-0.15, -0.1) is 0 Å². The fourth-order valence-electron chi connectivity index (χ4n) is 3.40. The number of nitrogens with zero attached hydrogens (tertiary/aromatic N) is 2. The van der Waals surface area contributed by atoms with Crippen LogP contribution in [0.25, 0.3) is 6.08 Å². The third kappa shape index (κ3) is 6.18. The van der Waals surface area contributed by atoms with Crippen molar-refractivity contribution in [2.75, 3.05) is 38.0 Å². The molecular weight excluding hydrogens is 407 g/mol. The SMILES string of the molecule is Cc1ccccc1/C=C/C(=O)N1CCN(CC(=O)Nc2ccccc2C(F)(F)F)CC1. The molecule has 1 fully saturated rings. The van der Waals surface area contributed by atoms with Gasteiger partial charge in [0, 0.05) is 32.3 Å². The van der Waals surface area contributed by atoms with Crippen LogP contribution in [-0.2, 0) is 15.8 Å². The van der Waals surface area contributed by atoms with Gasteiger partial charge in [-0.2, -0.15) is 13.2 Å². The number of rotatable bonds is 5. The van der Waals surface area contributed by atoms with Gasteiger partial charge < -0.3 is 10.2 Å². The number of alkyl halides is 3. The fraction of sp³-hybridized carbons (Fsp3) is 0.304. The number of piperazine rings is 1. The average molecular weight is 431 g/mol. The summed E-state index contributed by atoms with van der Waals surface area (Å²) >= 11 is 0. The Hall–Kier alpha value is -3.13. The third-order valence-corrected chi connectivity index (χ3v) is 5.15. The van der Waals surface area contributed by atoms with Crippen molar-refractivity contribution in [2.24, 2.45) is 0 Å². The van der Waals surface area contributed by atoms with Crippen LogP contribution in [0.4, 0.5) is 18.9 Å². The Morgan fingerprint density at radius 1 is 1.00 bits per heavy atom. The predicted octanol–water partition coefficient (Wildman–Crippen LogP) is 3.81. The second-order valence-electron chi connectivity index (χ2n) is 7.38. The predicted molar refractivity (Wildman–Crippen MR) is 113 cm³/mol. The average Bonchev–Trinajstić information content (AvgIpc) is 2.73. The molecule has 2 aromatic rings. The number of carbonyl (C=O) groups is 2. The van der Waals surface area contributed by atoms with E-state index in [0.717, 1.165) is 17.2 Å². The molecule has 0 aliphatic carbocycles. The largest absolute Gasteiger partial charge is 0.418 e. The van der Waals surface area contributed by atoms with Gasteiger partial charge in [-0.3, -0.25) is 14.5 Å². The second-order valence-corrected chi connectivity index (χ2v) is 7.38. The molecule has 1 saturated heterocycles. The number of carbonyl (C=O) groups excluding carboxylic acids is 2. The van der Waals surface area contributed by atoms with E-state index < -0.39 is 17.6 Å². The van der Waals surface area contributed by atoms with Crippen molar-refractivity contribution in [2.45, 2.75) is 13.1 Å². The van der Waals surface area contributed by atoms with Crippen LogP contribution >= 0.6 is 0 Å². The van der Waals surface area contributed by atoms with Crippen molar-refractivity contribution >= 4 is 23.6 Å². The van der Waals surface area contributed by atoms with Gasteiger partial charge >= 0.3 is 6.18 Å². The Labute approximate surface area is 179 Å². The van der Waals surface area contributed by atoms with Gasteiger partial charge in [-0.05, 0) is 36.3 Å². The van der Waals surface area contributed by atoms with Gasteiger partial charge in [0.1, 0.15) is 0 Å². The van der Waals surface area contributed by atoms with E-state index in [2.05, 4.69) is 5.32 Å². The topological polar surface area (TPSA) is 52.7 Å². The highest BCUT2D eigenvalue weighted by molar-refractivity contribution is 5.93.